The van der Waals surface area contributed by atoms with Crippen LogP contribution in [0.4, 0.5) is 5.13 Å². The van der Waals surface area contributed by atoms with Crippen molar-refractivity contribution in [3.05, 3.63) is 11.6 Å². The molecule has 0 spiro atoms. The van der Waals surface area contributed by atoms with Gasteiger partial charge in [-0.25, -0.2) is 4.98 Å². The van der Waals surface area contributed by atoms with Gasteiger partial charge >= 0.3 is 5.97 Å². The first-order valence-electron chi connectivity index (χ1n) is 7.55. The highest BCUT2D eigenvalue weighted by Crippen LogP contribution is 2.25. The van der Waals surface area contributed by atoms with Gasteiger partial charge in [0.1, 0.15) is 0 Å². The fourth-order valence-corrected chi connectivity index (χ4v) is 4.91. The molecule has 1 aliphatic heterocycles. The van der Waals surface area contributed by atoms with Crippen LogP contribution in [0.3, 0.4) is 0 Å². The molecule has 0 saturated carbocycles. The summed E-state index contributed by atoms with van der Waals surface area (Å²) in [6.07, 6.45) is 3.91. The van der Waals surface area contributed by atoms with Crippen molar-refractivity contribution in [2.75, 3.05) is 36.0 Å². The van der Waals surface area contributed by atoms with Gasteiger partial charge in [0.05, 0.1) is 12.3 Å². The van der Waals surface area contributed by atoms with E-state index < -0.39 is 5.97 Å². The van der Waals surface area contributed by atoms with Crippen molar-refractivity contribution < 1.29 is 14.7 Å². The summed E-state index contributed by atoms with van der Waals surface area (Å²) in [6, 6.07) is 0. The standard InChI is InChI=1S/C14H21N3O3S3/c18-12(19)3-7-22-23-9-5-15-13(20)11-2-1-6-17(10-11)14-16-4-8-21-14/h4,8,11H,1-3,5-7,9-10H2,(H,15,20)(H,18,19). The number of carbonyl (C=O) groups is 2. The second kappa shape index (κ2) is 10.0. The summed E-state index contributed by atoms with van der Waals surface area (Å²) in [6.45, 7) is 2.32. The Labute approximate surface area is 147 Å². The molecular formula is C14H21N3O3S3. The van der Waals surface area contributed by atoms with Crippen LogP contribution in [0.15, 0.2) is 11.6 Å². The van der Waals surface area contributed by atoms with Crippen LogP contribution >= 0.6 is 32.9 Å². The number of aromatic nitrogens is 1. The van der Waals surface area contributed by atoms with E-state index in [9.17, 15) is 9.59 Å². The predicted octanol–water partition coefficient (Wildman–Crippen LogP) is 2.33. The summed E-state index contributed by atoms with van der Waals surface area (Å²) in [4.78, 5) is 29.1. The molecule has 2 heterocycles. The second-order valence-corrected chi connectivity index (χ2v) is 8.75. The number of hydrogen-bond donors (Lipinski definition) is 2. The first kappa shape index (κ1) is 18.4. The van der Waals surface area contributed by atoms with Crippen LogP contribution < -0.4 is 10.2 Å². The second-order valence-electron chi connectivity index (χ2n) is 5.18. The zero-order valence-electron chi connectivity index (χ0n) is 12.8. The van der Waals surface area contributed by atoms with Crippen LogP contribution in [0.1, 0.15) is 19.3 Å². The van der Waals surface area contributed by atoms with Gasteiger partial charge in [-0.3, -0.25) is 9.59 Å². The van der Waals surface area contributed by atoms with Gasteiger partial charge in [0.25, 0.3) is 0 Å². The molecule has 2 N–H and O–H groups in total. The molecule has 1 aromatic rings. The lowest BCUT2D eigenvalue weighted by Crippen LogP contribution is -2.43. The Balaban J connectivity index is 1.61. The largest absolute Gasteiger partial charge is 0.481 e. The summed E-state index contributed by atoms with van der Waals surface area (Å²) in [5, 5.41) is 14.5. The monoisotopic (exact) mass is 375 g/mol. The molecule has 1 fully saturated rings. The number of carboxylic acid groups (broad SMARTS) is 1. The van der Waals surface area contributed by atoms with Crippen molar-refractivity contribution >= 4 is 49.9 Å². The molecule has 0 aliphatic carbocycles. The quantitative estimate of drug-likeness (QED) is 0.506. The highest BCUT2D eigenvalue weighted by atomic mass is 33.1. The number of carbonyl (C=O) groups excluding carboxylic acids is 1. The number of thiazole rings is 1. The summed E-state index contributed by atoms with van der Waals surface area (Å²) in [7, 11) is 3.14. The molecule has 1 saturated heterocycles. The Morgan fingerprint density at radius 3 is 3.00 bits per heavy atom. The van der Waals surface area contributed by atoms with Crippen molar-refractivity contribution in [2.45, 2.75) is 19.3 Å². The summed E-state index contributed by atoms with van der Waals surface area (Å²) in [5.41, 5.74) is 0. The number of piperidine rings is 1. The molecule has 1 unspecified atom stereocenters. The highest BCUT2D eigenvalue weighted by Gasteiger charge is 2.26. The number of hydrogen-bond acceptors (Lipinski definition) is 7. The van der Waals surface area contributed by atoms with Gasteiger partial charge in [0.15, 0.2) is 5.13 Å². The molecule has 9 heteroatoms. The lowest BCUT2D eigenvalue weighted by Gasteiger charge is -2.31. The molecule has 128 valence electrons. The molecule has 1 aliphatic rings. The van der Waals surface area contributed by atoms with Gasteiger partial charge in [-0.15, -0.1) is 11.3 Å². The topological polar surface area (TPSA) is 82.5 Å². The average molecular weight is 376 g/mol. The number of rotatable bonds is 9. The number of aliphatic carboxylic acids is 1. The summed E-state index contributed by atoms with van der Waals surface area (Å²) in [5.74, 6) is 0.756. The van der Waals surface area contributed by atoms with E-state index in [0.717, 1.165) is 36.8 Å². The van der Waals surface area contributed by atoms with Gasteiger partial charge in [-0.2, -0.15) is 0 Å². The van der Waals surface area contributed by atoms with E-state index in [1.54, 1.807) is 28.3 Å². The maximum Gasteiger partial charge on any atom is 0.304 e. The third-order valence-electron chi connectivity index (χ3n) is 3.45. The van der Waals surface area contributed by atoms with E-state index in [2.05, 4.69) is 15.2 Å². The van der Waals surface area contributed by atoms with Crippen LogP contribution in [0.2, 0.25) is 0 Å². The number of nitrogens with one attached hydrogen (secondary N) is 1. The van der Waals surface area contributed by atoms with E-state index in [4.69, 9.17) is 5.11 Å². The third kappa shape index (κ3) is 6.60. The molecule has 2 rings (SSSR count). The molecule has 0 bridgehead atoms. The normalized spacial score (nSPS) is 17.9. The lowest BCUT2D eigenvalue weighted by molar-refractivity contribution is -0.136. The Morgan fingerprint density at radius 1 is 1.43 bits per heavy atom. The number of amides is 1. The Kier molecular flexibility index (Phi) is 8.04. The van der Waals surface area contributed by atoms with Crippen LogP contribution in [0.5, 0.6) is 0 Å². The van der Waals surface area contributed by atoms with E-state index in [0.29, 0.717) is 12.3 Å². The maximum atomic E-state index is 12.2. The van der Waals surface area contributed by atoms with Crippen molar-refractivity contribution in [3.8, 4) is 0 Å². The minimum Gasteiger partial charge on any atom is -0.481 e. The smallest absolute Gasteiger partial charge is 0.304 e. The first-order valence-corrected chi connectivity index (χ1v) is 10.9. The fraction of sp³-hybridized carbons (Fsp3) is 0.643. The molecule has 6 nitrogen and oxygen atoms in total. The van der Waals surface area contributed by atoms with Crippen LogP contribution in [-0.4, -0.2) is 53.1 Å². The maximum absolute atomic E-state index is 12.2. The Bertz CT molecular complexity index is 499. The van der Waals surface area contributed by atoms with Crippen molar-refractivity contribution in [1.29, 1.82) is 0 Å². The zero-order chi connectivity index (χ0) is 16.5. The molecule has 1 atom stereocenters. The van der Waals surface area contributed by atoms with Gasteiger partial charge in [-0.05, 0) is 12.8 Å². The van der Waals surface area contributed by atoms with Gasteiger partial charge in [0, 0.05) is 42.7 Å². The Hall–Kier alpha value is -0.930. The molecule has 0 aromatic carbocycles. The average Bonchev–Trinajstić information content (AvgIpc) is 3.08. The molecular weight excluding hydrogens is 354 g/mol. The summed E-state index contributed by atoms with van der Waals surface area (Å²) >= 11 is 1.61. The number of nitrogens with zero attached hydrogens (tertiary/aromatic N) is 2. The van der Waals surface area contributed by atoms with Crippen LogP contribution in [0.25, 0.3) is 0 Å². The molecule has 1 amide bonds. The zero-order valence-corrected chi connectivity index (χ0v) is 15.2. The van der Waals surface area contributed by atoms with Crippen LogP contribution in [0, 0.1) is 5.92 Å². The SMILES string of the molecule is O=C(O)CCSSCCNC(=O)C1CCCN(c2nccs2)C1. The molecule has 23 heavy (non-hydrogen) atoms. The third-order valence-corrected chi connectivity index (χ3v) is 6.69. The summed E-state index contributed by atoms with van der Waals surface area (Å²) < 4.78 is 0. The number of anilines is 1. The number of carboxylic acids is 1. The van der Waals surface area contributed by atoms with E-state index in [-0.39, 0.29) is 18.2 Å². The van der Waals surface area contributed by atoms with Gasteiger partial charge in [0.2, 0.25) is 5.91 Å². The van der Waals surface area contributed by atoms with E-state index in [1.165, 1.54) is 10.8 Å². The minimum atomic E-state index is -0.770. The fourth-order valence-electron chi connectivity index (χ4n) is 2.34. The van der Waals surface area contributed by atoms with Crippen molar-refractivity contribution in [3.63, 3.8) is 0 Å². The van der Waals surface area contributed by atoms with E-state index >= 15 is 0 Å². The van der Waals surface area contributed by atoms with Crippen molar-refractivity contribution in [2.24, 2.45) is 5.92 Å². The van der Waals surface area contributed by atoms with Gasteiger partial charge in [-0.1, -0.05) is 21.6 Å². The highest BCUT2D eigenvalue weighted by molar-refractivity contribution is 8.76. The molecule has 0 radical (unpaired) electrons. The minimum absolute atomic E-state index is 0.0253. The van der Waals surface area contributed by atoms with Gasteiger partial charge < -0.3 is 15.3 Å². The molecule has 1 aromatic heterocycles. The van der Waals surface area contributed by atoms with E-state index in [1.807, 2.05) is 5.38 Å². The lowest BCUT2D eigenvalue weighted by atomic mass is 9.97. The van der Waals surface area contributed by atoms with Crippen molar-refractivity contribution in [1.82, 2.24) is 10.3 Å². The van der Waals surface area contributed by atoms with Crippen LogP contribution in [-0.2, 0) is 9.59 Å². The Morgan fingerprint density at radius 2 is 2.26 bits per heavy atom. The predicted molar refractivity (Wildman–Crippen MR) is 97.2 cm³/mol. The first-order chi connectivity index (χ1) is 11.2.